The number of allylic oxidation sites excluding steroid dienone is 2. The maximum Gasteiger partial charge on any atom is 0.0173 e. The molecule has 0 aromatic heterocycles. The van der Waals surface area contributed by atoms with Crippen molar-refractivity contribution in [1.82, 2.24) is 14.7 Å². The van der Waals surface area contributed by atoms with Crippen molar-refractivity contribution in [3.05, 3.63) is 49.4 Å². The fourth-order valence-corrected chi connectivity index (χ4v) is 3.50. The van der Waals surface area contributed by atoms with E-state index in [1.165, 1.54) is 90.6 Å². The lowest BCUT2D eigenvalue weighted by atomic mass is 10.1. The number of hydrogen-bond acceptors (Lipinski definition) is 6. The zero-order chi connectivity index (χ0) is 20.3. The molecular weight excluding hydrogens is 348 g/mol. The molecule has 28 heavy (non-hydrogen) atoms. The third-order valence-electron chi connectivity index (χ3n) is 5.03. The van der Waals surface area contributed by atoms with Gasteiger partial charge in [-0.15, -0.1) is 0 Å². The zero-order valence-corrected chi connectivity index (χ0v) is 17.6. The summed E-state index contributed by atoms with van der Waals surface area (Å²) in [6.45, 7) is 7.16. The molecule has 0 amide bonds. The molecule has 0 aromatic rings. The highest BCUT2D eigenvalue weighted by atomic mass is 15.1. The van der Waals surface area contributed by atoms with Crippen LogP contribution in [0, 0.1) is 0 Å². The smallest absolute Gasteiger partial charge is 0.0173 e. The Hall–Kier alpha value is -2.24. The number of nitrogens with zero attached hydrogens (tertiary/aromatic N) is 3. The lowest BCUT2D eigenvalue weighted by Crippen LogP contribution is -2.24. The summed E-state index contributed by atoms with van der Waals surface area (Å²) in [5, 5.41) is 0. The van der Waals surface area contributed by atoms with Gasteiger partial charge in [0.25, 0.3) is 0 Å². The number of likely N-dealkylation sites (tertiary alicyclic amines) is 3. The summed E-state index contributed by atoms with van der Waals surface area (Å²) in [7, 11) is 0. The first kappa shape index (κ1) is 23.8. The molecule has 0 saturated carbocycles. The second kappa shape index (κ2) is 16.9. The molecule has 0 spiro atoms. The summed E-state index contributed by atoms with van der Waals surface area (Å²) in [5.74, 6) is 0. The summed E-state index contributed by atoms with van der Waals surface area (Å²) in [6, 6.07) is 0. The minimum Gasteiger partial charge on any atom is -0.405 e. The second-order valence-electron chi connectivity index (χ2n) is 7.35. The standard InChI is InChI=1S/C8H14N2.2C7H14N2/c9-5-1-2-6-10-7-3-4-8-10;2*8-4-7-9-5-2-1-3-6-9/h1-2,5-6H,3-4,7-9H2;2*4,7H,1-3,5-6,8H2. The molecule has 3 rings (SSSR count). The van der Waals surface area contributed by atoms with E-state index >= 15 is 0 Å². The molecule has 160 valence electrons. The van der Waals surface area contributed by atoms with Crippen LogP contribution >= 0.6 is 0 Å². The van der Waals surface area contributed by atoms with Crippen LogP contribution in [0.4, 0.5) is 0 Å². The van der Waals surface area contributed by atoms with E-state index in [2.05, 4.69) is 20.9 Å². The Labute approximate surface area is 172 Å². The van der Waals surface area contributed by atoms with Gasteiger partial charge in [-0.25, -0.2) is 0 Å². The van der Waals surface area contributed by atoms with Crippen LogP contribution in [0.5, 0.6) is 0 Å². The van der Waals surface area contributed by atoms with Gasteiger partial charge in [-0.1, -0.05) is 0 Å². The van der Waals surface area contributed by atoms with Crippen LogP contribution < -0.4 is 17.2 Å². The molecule has 6 N–H and O–H groups in total. The maximum atomic E-state index is 5.24. The summed E-state index contributed by atoms with van der Waals surface area (Å²) < 4.78 is 0. The van der Waals surface area contributed by atoms with Gasteiger partial charge >= 0.3 is 0 Å². The van der Waals surface area contributed by atoms with Crippen molar-refractivity contribution in [3.63, 3.8) is 0 Å². The molecule has 0 radical (unpaired) electrons. The van der Waals surface area contributed by atoms with Crippen LogP contribution in [0.1, 0.15) is 51.4 Å². The Balaban J connectivity index is 0.000000210. The summed E-state index contributed by atoms with van der Waals surface area (Å²) in [6.07, 6.45) is 25.4. The van der Waals surface area contributed by atoms with E-state index in [0.717, 1.165) is 0 Å². The topological polar surface area (TPSA) is 87.8 Å². The molecule has 3 aliphatic rings. The van der Waals surface area contributed by atoms with E-state index < -0.39 is 0 Å². The van der Waals surface area contributed by atoms with Gasteiger partial charge < -0.3 is 31.9 Å². The van der Waals surface area contributed by atoms with E-state index in [1.807, 2.05) is 24.6 Å². The van der Waals surface area contributed by atoms with Crippen LogP contribution in [-0.2, 0) is 0 Å². The van der Waals surface area contributed by atoms with E-state index in [4.69, 9.17) is 17.2 Å². The summed E-state index contributed by atoms with van der Waals surface area (Å²) >= 11 is 0. The van der Waals surface area contributed by atoms with Crippen LogP contribution in [-0.4, -0.2) is 54.0 Å². The van der Waals surface area contributed by atoms with Gasteiger partial charge in [0.05, 0.1) is 0 Å². The Bertz CT molecular complexity index is 428. The molecule has 6 heteroatoms. The Kier molecular flexibility index (Phi) is 14.4. The normalized spacial score (nSPS) is 20.6. The molecule has 0 aliphatic carbocycles. The van der Waals surface area contributed by atoms with Crippen molar-refractivity contribution in [2.24, 2.45) is 17.2 Å². The fourth-order valence-electron chi connectivity index (χ4n) is 3.50. The van der Waals surface area contributed by atoms with Gasteiger partial charge in [0, 0.05) is 64.1 Å². The van der Waals surface area contributed by atoms with Gasteiger partial charge in [-0.2, -0.15) is 0 Å². The molecule has 3 aliphatic heterocycles. The van der Waals surface area contributed by atoms with Crippen LogP contribution in [0.3, 0.4) is 0 Å². The van der Waals surface area contributed by atoms with E-state index in [-0.39, 0.29) is 0 Å². The first-order valence-electron chi connectivity index (χ1n) is 10.8. The number of hydrogen-bond donors (Lipinski definition) is 3. The van der Waals surface area contributed by atoms with Gasteiger partial charge in [0.2, 0.25) is 0 Å². The first-order chi connectivity index (χ1) is 13.8. The fraction of sp³-hybridized carbons (Fsp3) is 0.636. The Morgan fingerprint density at radius 3 is 1.11 bits per heavy atom. The largest absolute Gasteiger partial charge is 0.405 e. The van der Waals surface area contributed by atoms with Crippen LogP contribution in [0.2, 0.25) is 0 Å². The quantitative estimate of drug-likeness (QED) is 0.640. The minimum atomic E-state index is 1.19. The van der Waals surface area contributed by atoms with Gasteiger partial charge in [0.1, 0.15) is 0 Å². The molecule has 3 fully saturated rings. The number of rotatable bonds is 4. The molecule has 3 saturated heterocycles. The van der Waals surface area contributed by atoms with Crippen molar-refractivity contribution in [2.75, 3.05) is 39.3 Å². The van der Waals surface area contributed by atoms with E-state index in [9.17, 15) is 0 Å². The van der Waals surface area contributed by atoms with Gasteiger partial charge in [-0.05, 0) is 75.9 Å². The first-order valence-corrected chi connectivity index (χ1v) is 10.8. The van der Waals surface area contributed by atoms with Crippen LogP contribution in [0.25, 0.3) is 0 Å². The van der Waals surface area contributed by atoms with Crippen molar-refractivity contribution in [1.29, 1.82) is 0 Å². The lowest BCUT2D eigenvalue weighted by molar-refractivity contribution is 0.309. The van der Waals surface area contributed by atoms with Crippen molar-refractivity contribution in [2.45, 2.75) is 51.4 Å². The lowest BCUT2D eigenvalue weighted by Gasteiger charge is -2.24. The van der Waals surface area contributed by atoms with E-state index in [1.54, 1.807) is 18.6 Å². The predicted octanol–water partition coefficient (Wildman–Crippen LogP) is 2.87. The second-order valence-corrected chi connectivity index (χ2v) is 7.35. The van der Waals surface area contributed by atoms with Crippen LogP contribution in [0.15, 0.2) is 49.4 Å². The summed E-state index contributed by atoms with van der Waals surface area (Å²) in [5.41, 5.74) is 15.6. The molecule has 0 unspecified atom stereocenters. The third-order valence-corrected chi connectivity index (χ3v) is 5.03. The molecular formula is C22H42N6. The minimum absolute atomic E-state index is 1.19. The SMILES string of the molecule is NC=CC=CN1CCCC1.NC=CN1CCCCC1.NC=CN1CCCCC1. The molecule has 0 atom stereocenters. The number of piperidine rings is 2. The average Bonchev–Trinajstić information content (AvgIpc) is 3.25. The highest BCUT2D eigenvalue weighted by Gasteiger charge is 2.05. The molecule has 0 aromatic carbocycles. The van der Waals surface area contributed by atoms with E-state index in [0.29, 0.717) is 0 Å². The van der Waals surface area contributed by atoms with Gasteiger partial charge in [-0.3, -0.25) is 0 Å². The van der Waals surface area contributed by atoms with Crippen molar-refractivity contribution < 1.29 is 0 Å². The zero-order valence-electron chi connectivity index (χ0n) is 17.6. The summed E-state index contributed by atoms with van der Waals surface area (Å²) in [4.78, 5) is 6.84. The monoisotopic (exact) mass is 390 g/mol. The maximum absolute atomic E-state index is 5.24. The molecule has 6 nitrogen and oxygen atoms in total. The number of nitrogens with two attached hydrogens (primary N) is 3. The predicted molar refractivity (Wildman–Crippen MR) is 121 cm³/mol. The molecule has 0 bridgehead atoms. The average molecular weight is 391 g/mol. The third kappa shape index (κ3) is 12.2. The Morgan fingerprint density at radius 1 is 0.393 bits per heavy atom. The van der Waals surface area contributed by atoms with Gasteiger partial charge in [0.15, 0.2) is 0 Å². The Morgan fingerprint density at radius 2 is 0.750 bits per heavy atom. The van der Waals surface area contributed by atoms with Crippen molar-refractivity contribution in [3.8, 4) is 0 Å². The highest BCUT2D eigenvalue weighted by Crippen LogP contribution is 2.08. The molecule has 3 heterocycles. The highest BCUT2D eigenvalue weighted by molar-refractivity contribution is 5.00. The van der Waals surface area contributed by atoms with Crippen molar-refractivity contribution >= 4 is 0 Å².